The zero-order valence-electron chi connectivity index (χ0n) is 45.7. The first-order valence-electron chi connectivity index (χ1n) is 30.5. The molecule has 0 aliphatic heterocycles. The first-order chi connectivity index (χ1) is 33.0. The average molecular weight is 948 g/mol. The van der Waals surface area contributed by atoms with Gasteiger partial charge in [-0.05, 0) is 19.3 Å². The normalized spacial score (nSPS) is 11.9. The van der Waals surface area contributed by atoms with Crippen LogP contribution in [0.1, 0.15) is 355 Å². The van der Waals surface area contributed by atoms with E-state index in [9.17, 15) is 14.4 Å². The fourth-order valence-corrected chi connectivity index (χ4v) is 9.51. The van der Waals surface area contributed by atoms with Crippen LogP contribution in [0.4, 0.5) is 0 Å². The second kappa shape index (κ2) is 57.0. The molecule has 0 rings (SSSR count). The Morgan fingerprint density at radius 1 is 0.239 bits per heavy atom. The van der Waals surface area contributed by atoms with Gasteiger partial charge in [-0.15, -0.1) is 0 Å². The Labute approximate surface area is 418 Å². The SMILES string of the molecule is CCCCCCCCCCCCCCCCCCCCCC(=O)OCC(COC(=O)CCCCCCCCCCCCCCC)OC(=O)CCCCCCCCCCCCCCCCCCC. The average Bonchev–Trinajstić information content (AvgIpc) is 3.33. The summed E-state index contributed by atoms with van der Waals surface area (Å²) in [6.45, 7) is 6.72. The summed E-state index contributed by atoms with van der Waals surface area (Å²) in [6.07, 6.45) is 63.8. The summed E-state index contributed by atoms with van der Waals surface area (Å²) in [7, 11) is 0. The fraction of sp³-hybridized carbons (Fsp3) is 0.951. The van der Waals surface area contributed by atoms with Crippen molar-refractivity contribution >= 4 is 17.9 Å². The van der Waals surface area contributed by atoms with Gasteiger partial charge in [0.2, 0.25) is 0 Å². The highest BCUT2D eigenvalue weighted by Crippen LogP contribution is 2.18. The van der Waals surface area contributed by atoms with Crippen molar-refractivity contribution < 1.29 is 28.6 Å². The van der Waals surface area contributed by atoms with Gasteiger partial charge in [0.1, 0.15) is 13.2 Å². The van der Waals surface area contributed by atoms with E-state index in [0.29, 0.717) is 19.3 Å². The molecule has 0 N–H and O–H groups in total. The smallest absolute Gasteiger partial charge is 0.306 e. The van der Waals surface area contributed by atoms with E-state index in [-0.39, 0.29) is 31.1 Å². The lowest BCUT2D eigenvalue weighted by Crippen LogP contribution is -2.30. The Hall–Kier alpha value is -1.59. The highest BCUT2D eigenvalue weighted by molar-refractivity contribution is 5.71. The number of hydrogen-bond acceptors (Lipinski definition) is 6. The van der Waals surface area contributed by atoms with Gasteiger partial charge in [0.25, 0.3) is 0 Å². The maximum absolute atomic E-state index is 12.9. The van der Waals surface area contributed by atoms with Crippen LogP contribution in [-0.4, -0.2) is 37.2 Å². The molecule has 0 radical (unpaired) electrons. The standard InChI is InChI=1S/C61H118O6/c1-4-7-10-13-16-19-22-25-27-29-30-32-33-36-39-42-45-48-51-54-60(63)66-57-58(56-65-59(62)53-50-47-44-41-38-35-24-21-18-15-12-9-6-3)67-61(64)55-52-49-46-43-40-37-34-31-28-26-23-20-17-14-11-8-5-2/h58H,4-57H2,1-3H3. The molecule has 0 heterocycles. The van der Waals surface area contributed by atoms with Crippen molar-refractivity contribution in [3.63, 3.8) is 0 Å². The van der Waals surface area contributed by atoms with Crippen LogP contribution in [-0.2, 0) is 28.6 Å². The summed E-state index contributed by atoms with van der Waals surface area (Å²) >= 11 is 0. The van der Waals surface area contributed by atoms with E-state index >= 15 is 0 Å². The number of rotatable bonds is 57. The van der Waals surface area contributed by atoms with E-state index < -0.39 is 6.10 Å². The molecule has 0 aliphatic rings. The molecule has 0 amide bonds. The van der Waals surface area contributed by atoms with E-state index in [1.54, 1.807) is 0 Å². The van der Waals surface area contributed by atoms with Crippen LogP contribution >= 0.6 is 0 Å². The van der Waals surface area contributed by atoms with Gasteiger partial charge in [-0.25, -0.2) is 0 Å². The Morgan fingerprint density at radius 2 is 0.403 bits per heavy atom. The number of hydrogen-bond donors (Lipinski definition) is 0. The third-order valence-electron chi connectivity index (χ3n) is 14.1. The molecule has 1 atom stereocenters. The number of unbranched alkanes of at least 4 members (excludes halogenated alkanes) is 46. The third kappa shape index (κ3) is 55.2. The Bertz CT molecular complexity index is 998. The molecule has 67 heavy (non-hydrogen) atoms. The topological polar surface area (TPSA) is 78.9 Å². The highest BCUT2D eigenvalue weighted by Gasteiger charge is 2.19. The third-order valence-corrected chi connectivity index (χ3v) is 14.1. The molecule has 0 saturated heterocycles. The molecule has 0 fully saturated rings. The molecular formula is C61H118O6. The van der Waals surface area contributed by atoms with Crippen LogP contribution in [0.3, 0.4) is 0 Å². The number of carbonyl (C=O) groups excluding carboxylic acids is 3. The predicted molar refractivity (Wildman–Crippen MR) is 289 cm³/mol. The van der Waals surface area contributed by atoms with Crippen molar-refractivity contribution in [1.29, 1.82) is 0 Å². The van der Waals surface area contributed by atoms with Gasteiger partial charge in [0.15, 0.2) is 6.10 Å². The first kappa shape index (κ1) is 65.4. The lowest BCUT2D eigenvalue weighted by Gasteiger charge is -2.18. The molecule has 398 valence electrons. The minimum absolute atomic E-state index is 0.0607. The summed E-state index contributed by atoms with van der Waals surface area (Å²) in [5.41, 5.74) is 0. The maximum atomic E-state index is 12.9. The molecule has 1 unspecified atom stereocenters. The van der Waals surface area contributed by atoms with Crippen LogP contribution in [0.5, 0.6) is 0 Å². The van der Waals surface area contributed by atoms with Crippen molar-refractivity contribution in [2.24, 2.45) is 0 Å². The first-order valence-corrected chi connectivity index (χ1v) is 30.5. The number of esters is 3. The maximum Gasteiger partial charge on any atom is 0.306 e. The zero-order chi connectivity index (χ0) is 48.6. The van der Waals surface area contributed by atoms with E-state index in [1.165, 1.54) is 257 Å². The van der Waals surface area contributed by atoms with Gasteiger partial charge in [0, 0.05) is 19.3 Å². The highest BCUT2D eigenvalue weighted by atomic mass is 16.6. The van der Waals surface area contributed by atoms with Gasteiger partial charge in [-0.2, -0.15) is 0 Å². The van der Waals surface area contributed by atoms with Gasteiger partial charge < -0.3 is 14.2 Å². The van der Waals surface area contributed by atoms with Crippen molar-refractivity contribution in [1.82, 2.24) is 0 Å². The van der Waals surface area contributed by atoms with Crippen LogP contribution in [0.2, 0.25) is 0 Å². The second-order valence-electron chi connectivity index (χ2n) is 21.0. The minimum atomic E-state index is -0.761. The van der Waals surface area contributed by atoms with Crippen LogP contribution in [0, 0.1) is 0 Å². The largest absolute Gasteiger partial charge is 0.462 e. The van der Waals surface area contributed by atoms with E-state index in [4.69, 9.17) is 14.2 Å². The molecule has 0 aromatic rings. The monoisotopic (exact) mass is 947 g/mol. The molecule has 0 saturated carbocycles. The van der Waals surface area contributed by atoms with Gasteiger partial charge in [0.05, 0.1) is 0 Å². The van der Waals surface area contributed by atoms with Crippen molar-refractivity contribution in [3.8, 4) is 0 Å². The van der Waals surface area contributed by atoms with E-state index in [2.05, 4.69) is 20.8 Å². The lowest BCUT2D eigenvalue weighted by atomic mass is 10.0. The molecule has 0 aromatic heterocycles. The van der Waals surface area contributed by atoms with Crippen molar-refractivity contribution in [3.05, 3.63) is 0 Å². The molecule has 0 spiro atoms. The van der Waals surface area contributed by atoms with Crippen molar-refractivity contribution in [2.75, 3.05) is 13.2 Å². The number of carbonyl (C=O) groups is 3. The Kier molecular flexibility index (Phi) is 55.6. The van der Waals surface area contributed by atoms with Gasteiger partial charge in [-0.1, -0.05) is 316 Å². The van der Waals surface area contributed by atoms with Crippen LogP contribution < -0.4 is 0 Å². The fourth-order valence-electron chi connectivity index (χ4n) is 9.51. The summed E-state index contributed by atoms with van der Waals surface area (Å²) in [6, 6.07) is 0. The molecule has 6 nitrogen and oxygen atoms in total. The molecule has 0 aromatic carbocycles. The summed E-state index contributed by atoms with van der Waals surface area (Å²) in [4.78, 5) is 38.2. The summed E-state index contributed by atoms with van der Waals surface area (Å²) < 4.78 is 16.9. The molecule has 6 heteroatoms. The van der Waals surface area contributed by atoms with Gasteiger partial charge in [-0.3, -0.25) is 14.4 Å². The molecule has 0 aliphatic carbocycles. The van der Waals surface area contributed by atoms with Crippen LogP contribution in [0.15, 0.2) is 0 Å². The van der Waals surface area contributed by atoms with Gasteiger partial charge >= 0.3 is 17.9 Å². The molecular weight excluding hydrogens is 829 g/mol. The number of ether oxygens (including phenoxy) is 3. The summed E-state index contributed by atoms with van der Waals surface area (Å²) in [5.74, 6) is -0.828. The summed E-state index contributed by atoms with van der Waals surface area (Å²) in [5, 5.41) is 0. The van der Waals surface area contributed by atoms with E-state index in [0.717, 1.165) is 57.8 Å². The lowest BCUT2D eigenvalue weighted by molar-refractivity contribution is -0.167. The van der Waals surface area contributed by atoms with E-state index in [1.807, 2.05) is 0 Å². The Balaban J connectivity index is 4.26. The quantitative estimate of drug-likeness (QED) is 0.0343. The van der Waals surface area contributed by atoms with Crippen molar-refractivity contribution in [2.45, 2.75) is 361 Å². The molecule has 0 bridgehead atoms. The Morgan fingerprint density at radius 3 is 0.597 bits per heavy atom. The second-order valence-corrected chi connectivity index (χ2v) is 21.0. The van der Waals surface area contributed by atoms with Crippen LogP contribution in [0.25, 0.3) is 0 Å². The zero-order valence-corrected chi connectivity index (χ0v) is 45.7. The predicted octanol–water partition coefficient (Wildman–Crippen LogP) is 20.3. The minimum Gasteiger partial charge on any atom is -0.462 e.